The van der Waals surface area contributed by atoms with Crippen molar-refractivity contribution >= 4 is 23.7 Å². The van der Waals surface area contributed by atoms with Crippen LogP contribution in [0.25, 0.3) is 11.1 Å². The lowest BCUT2D eigenvalue weighted by atomic mass is 9.95. The Labute approximate surface area is 198 Å². The highest BCUT2D eigenvalue weighted by molar-refractivity contribution is 6.30. The highest BCUT2D eigenvalue weighted by atomic mass is 35.5. The van der Waals surface area contributed by atoms with E-state index < -0.39 is 18.0 Å². The van der Waals surface area contributed by atoms with Crippen LogP contribution in [-0.4, -0.2) is 30.9 Å². The monoisotopic (exact) mass is 467 g/mol. The van der Waals surface area contributed by atoms with Gasteiger partial charge in [-0.3, -0.25) is 4.79 Å². The van der Waals surface area contributed by atoms with Gasteiger partial charge in [-0.1, -0.05) is 54.1 Å². The maximum Gasteiger partial charge on any atom is 0.407 e. The molecule has 0 heterocycles. The van der Waals surface area contributed by atoms with Crippen LogP contribution < -0.4 is 10.1 Å². The minimum Gasteiger partial charge on any atom is -0.496 e. The Morgan fingerprint density at radius 1 is 1.03 bits per heavy atom. The number of hydrogen-bond acceptors (Lipinski definition) is 4. The van der Waals surface area contributed by atoms with Crippen LogP contribution in [0, 0.1) is 0 Å². The molecule has 0 bridgehead atoms. The smallest absolute Gasteiger partial charge is 0.407 e. The molecule has 0 aliphatic carbocycles. The number of halogens is 1. The van der Waals surface area contributed by atoms with Crippen LogP contribution in [0.4, 0.5) is 4.79 Å². The van der Waals surface area contributed by atoms with Crippen LogP contribution in [0.2, 0.25) is 5.02 Å². The first-order chi connectivity index (χ1) is 15.9. The van der Waals surface area contributed by atoms with E-state index in [0.717, 1.165) is 27.8 Å². The number of carbonyl (C=O) groups excluding carboxylic acids is 1. The van der Waals surface area contributed by atoms with E-state index in [4.69, 9.17) is 21.1 Å². The van der Waals surface area contributed by atoms with Crippen LogP contribution in [0.1, 0.15) is 29.5 Å². The molecule has 1 amide bonds. The van der Waals surface area contributed by atoms with E-state index in [-0.39, 0.29) is 13.2 Å². The minimum atomic E-state index is -0.874. The summed E-state index contributed by atoms with van der Waals surface area (Å²) in [5.41, 5.74) is 4.31. The van der Waals surface area contributed by atoms with Gasteiger partial charge in [0.25, 0.3) is 0 Å². The second kappa shape index (κ2) is 11.4. The lowest BCUT2D eigenvalue weighted by Crippen LogP contribution is -2.24. The zero-order chi connectivity index (χ0) is 23.8. The summed E-state index contributed by atoms with van der Waals surface area (Å²) in [6.45, 7) is 2.13. The predicted octanol–water partition coefficient (Wildman–Crippen LogP) is 5.67. The van der Waals surface area contributed by atoms with Crippen LogP contribution in [0.15, 0.2) is 66.7 Å². The number of carboxylic acids is 1. The van der Waals surface area contributed by atoms with Crippen molar-refractivity contribution in [3.63, 3.8) is 0 Å². The Morgan fingerprint density at radius 3 is 2.45 bits per heavy atom. The SMILES string of the molecule is COc1ccc(-c2cccc(C(C)C(=O)O)c2)cc1CNC(=O)OCCc1ccc(Cl)cc1. The van der Waals surface area contributed by atoms with Gasteiger partial charge in [-0.05, 0) is 53.4 Å². The van der Waals surface area contributed by atoms with Gasteiger partial charge in [-0.15, -0.1) is 0 Å². The van der Waals surface area contributed by atoms with Crippen molar-refractivity contribution in [3.05, 3.63) is 88.4 Å². The molecule has 1 atom stereocenters. The summed E-state index contributed by atoms with van der Waals surface area (Å²) in [4.78, 5) is 23.5. The molecular formula is C26H26ClNO5. The number of amides is 1. The molecule has 3 rings (SSSR count). The lowest BCUT2D eigenvalue weighted by Gasteiger charge is -2.14. The van der Waals surface area contributed by atoms with Crippen LogP contribution in [-0.2, 0) is 22.5 Å². The number of hydrogen-bond donors (Lipinski definition) is 2. The fraction of sp³-hybridized carbons (Fsp3) is 0.231. The van der Waals surface area contributed by atoms with Gasteiger partial charge >= 0.3 is 12.1 Å². The fourth-order valence-corrected chi connectivity index (χ4v) is 3.48. The molecule has 6 nitrogen and oxygen atoms in total. The molecule has 0 saturated heterocycles. The van der Waals surface area contributed by atoms with Gasteiger partial charge in [0.1, 0.15) is 5.75 Å². The van der Waals surface area contributed by atoms with Crippen molar-refractivity contribution in [2.75, 3.05) is 13.7 Å². The first-order valence-corrected chi connectivity index (χ1v) is 10.9. The summed E-state index contributed by atoms with van der Waals surface area (Å²) in [6.07, 6.45) is 0.0720. The van der Waals surface area contributed by atoms with E-state index in [2.05, 4.69) is 5.32 Å². The Balaban J connectivity index is 1.64. The van der Waals surface area contributed by atoms with Crippen molar-refractivity contribution in [3.8, 4) is 16.9 Å². The van der Waals surface area contributed by atoms with Crippen LogP contribution in [0.5, 0.6) is 5.75 Å². The summed E-state index contributed by atoms with van der Waals surface area (Å²) in [5.74, 6) is -0.844. The third-order valence-electron chi connectivity index (χ3n) is 5.33. The standard InChI is InChI=1S/C26H26ClNO5/c1-17(25(29)30)19-4-3-5-20(14-19)21-8-11-24(32-2)22(15-21)16-28-26(31)33-13-12-18-6-9-23(27)10-7-18/h3-11,14-15,17H,12-13,16H2,1-2H3,(H,28,31)(H,29,30). The first kappa shape index (κ1) is 24.1. The van der Waals surface area contributed by atoms with Gasteiger partial charge in [0.05, 0.1) is 19.6 Å². The largest absolute Gasteiger partial charge is 0.496 e. The second-order valence-electron chi connectivity index (χ2n) is 7.58. The fourth-order valence-electron chi connectivity index (χ4n) is 3.36. The topological polar surface area (TPSA) is 84.9 Å². The summed E-state index contributed by atoms with van der Waals surface area (Å²) >= 11 is 5.88. The Kier molecular flexibility index (Phi) is 8.33. The number of ether oxygens (including phenoxy) is 2. The van der Waals surface area contributed by atoms with Crippen molar-refractivity contribution in [1.29, 1.82) is 0 Å². The van der Waals surface area contributed by atoms with Crippen molar-refractivity contribution in [2.45, 2.75) is 25.8 Å². The number of nitrogens with one attached hydrogen (secondary N) is 1. The number of rotatable bonds is 9. The normalized spacial score (nSPS) is 11.5. The molecule has 33 heavy (non-hydrogen) atoms. The molecule has 0 saturated carbocycles. The average molecular weight is 468 g/mol. The van der Waals surface area contributed by atoms with Gasteiger partial charge in [-0.2, -0.15) is 0 Å². The zero-order valence-corrected chi connectivity index (χ0v) is 19.3. The van der Waals surface area contributed by atoms with Gasteiger partial charge < -0.3 is 19.9 Å². The molecule has 172 valence electrons. The summed E-state index contributed by atoms with van der Waals surface area (Å²) in [6, 6.07) is 20.4. The van der Waals surface area contributed by atoms with Crippen molar-refractivity contribution in [2.24, 2.45) is 0 Å². The van der Waals surface area contributed by atoms with Gasteiger partial charge in [-0.25, -0.2) is 4.79 Å². The number of methoxy groups -OCH3 is 1. The molecule has 3 aromatic carbocycles. The maximum atomic E-state index is 12.1. The molecular weight excluding hydrogens is 442 g/mol. The predicted molar refractivity (Wildman–Crippen MR) is 128 cm³/mol. The third-order valence-corrected chi connectivity index (χ3v) is 5.58. The van der Waals surface area contributed by atoms with E-state index in [1.54, 1.807) is 32.2 Å². The van der Waals surface area contributed by atoms with E-state index in [9.17, 15) is 14.7 Å². The van der Waals surface area contributed by atoms with Crippen LogP contribution in [0.3, 0.4) is 0 Å². The number of aliphatic carboxylic acids is 1. The molecule has 1 unspecified atom stereocenters. The highest BCUT2D eigenvalue weighted by Gasteiger charge is 2.15. The van der Waals surface area contributed by atoms with Crippen molar-refractivity contribution < 1.29 is 24.2 Å². The van der Waals surface area contributed by atoms with Gasteiger partial charge in [0.15, 0.2) is 0 Å². The van der Waals surface area contributed by atoms with Gasteiger partial charge in [0, 0.05) is 23.6 Å². The molecule has 3 aromatic rings. The van der Waals surface area contributed by atoms with E-state index in [0.29, 0.717) is 17.2 Å². The van der Waals surface area contributed by atoms with E-state index in [1.807, 2.05) is 48.5 Å². The maximum absolute atomic E-state index is 12.1. The van der Waals surface area contributed by atoms with E-state index >= 15 is 0 Å². The molecule has 0 aliphatic rings. The molecule has 7 heteroatoms. The quantitative estimate of drug-likeness (QED) is 0.423. The summed E-state index contributed by atoms with van der Waals surface area (Å²) in [7, 11) is 1.57. The Hall–Kier alpha value is -3.51. The van der Waals surface area contributed by atoms with E-state index in [1.165, 1.54) is 0 Å². The number of carboxylic acid groups (broad SMARTS) is 1. The molecule has 0 fully saturated rings. The minimum absolute atomic E-state index is 0.224. The number of benzene rings is 3. The summed E-state index contributed by atoms with van der Waals surface area (Å²) in [5, 5.41) is 12.7. The number of carbonyl (C=O) groups is 2. The Morgan fingerprint density at radius 2 is 1.76 bits per heavy atom. The number of alkyl carbamates (subject to hydrolysis) is 1. The molecule has 0 spiro atoms. The van der Waals surface area contributed by atoms with Crippen molar-refractivity contribution in [1.82, 2.24) is 5.32 Å². The molecule has 2 N–H and O–H groups in total. The molecule has 0 aliphatic heterocycles. The molecule has 0 radical (unpaired) electrons. The Bertz CT molecular complexity index is 1110. The first-order valence-electron chi connectivity index (χ1n) is 10.5. The molecule has 0 aromatic heterocycles. The third kappa shape index (κ3) is 6.73. The second-order valence-corrected chi connectivity index (χ2v) is 8.01. The lowest BCUT2D eigenvalue weighted by molar-refractivity contribution is -0.138. The highest BCUT2D eigenvalue weighted by Crippen LogP contribution is 2.29. The zero-order valence-electron chi connectivity index (χ0n) is 18.5. The van der Waals surface area contributed by atoms with Gasteiger partial charge in [0.2, 0.25) is 0 Å². The average Bonchev–Trinajstić information content (AvgIpc) is 2.83. The summed E-state index contributed by atoms with van der Waals surface area (Å²) < 4.78 is 10.7. The van der Waals surface area contributed by atoms with Crippen LogP contribution >= 0.6 is 11.6 Å².